The highest BCUT2D eigenvalue weighted by Crippen LogP contribution is 2.18. The van der Waals surface area contributed by atoms with Gasteiger partial charge in [0, 0.05) is 12.6 Å². The third kappa shape index (κ3) is 5.62. The first-order valence-electron chi connectivity index (χ1n) is 7.28. The van der Waals surface area contributed by atoms with Crippen molar-refractivity contribution in [1.82, 2.24) is 5.32 Å². The molecule has 108 valence electrons. The van der Waals surface area contributed by atoms with E-state index in [4.69, 9.17) is 9.84 Å². The van der Waals surface area contributed by atoms with Crippen molar-refractivity contribution in [2.45, 2.75) is 39.7 Å². The van der Waals surface area contributed by atoms with Gasteiger partial charge >= 0.3 is 0 Å². The van der Waals surface area contributed by atoms with Crippen LogP contribution in [0, 0.1) is 5.92 Å². The minimum Gasteiger partial charge on any atom is -0.494 e. The molecule has 1 aromatic rings. The fourth-order valence-electron chi connectivity index (χ4n) is 2.11. The summed E-state index contributed by atoms with van der Waals surface area (Å²) in [6.07, 6.45) is 1.98. The molecule has 3 nitrogen and oxygen atoms in total. The van der Waals surface area contributed by atoms with E-state index < -0.39 is 0 Å². The number of nitrogens with one attached hydrogen (secondary N) is 1. The van der Waals surface area contributed by atoms with Gasteiger partial charge in [0.15, 0.2) is 0 Å². The van der Waals surface area contributed by atoms with Crippen LogP contribution in [0.4, 0.5) is 0 Å². The Bertz CT molecular complexity index is 337. The molecule has 19 heavy (non-hydrogen) atoms. The van der Waals surface area contributed by atoms with Gasteiger partial charge in [-0.15, -0.1) is 0 Å². The minimum atomic E-state index is 0.275. The third-order valence-corrected chi connectivity index (χ3v) is 3.52. The normalized spacial score (nSPS) is 14.1. The SMILES string of the molecule is CCOc1ccc(C(C)NCC(CC)CCO)cc1. The number of hydrogen-bond acceptors (Lipinski definition) is 3. The second-order valence-electron chi connectivity index (χ2n) is 4.92. The maximum Gasteiger partial charge on any atom is 0.119 e. The fraction of sp³-hybridized carbons (Fsp3) is 0.625. The van der Waals surface area contributed by atoms with Crippen LogP contribution in [-0.2, 0) is 0 Å². The van der Waals surface area contributed by atoms with E-state index in [1.807, 2.05) is 19.1 Å². The molecule has 0 aliphatic heterocycles. The predicted molar refractivity (Wildman–Crippen MR) is 79.5 cm³/mol. The zero-order chi connectivity index (χ0) is 14.1. The molecule has 2 unspecified atom stereocenters. The van der Waals surface area contributed by atoms with Crippen molar-refractivity contribution in [3.63, 3.8) is 0 Å². The van der Waals surface area contributed by atoms with Crippen molar-refractivity contribution in [2.24, 2.45) is 5.92 Å². The topological polar surface area (TPSA) is 41.5 Å². The molecule has 0 amide bonds. The molecule has 2 N–H and O–H groups in total. The summed E-state index contributed by atoms with van der Waals surface area (Å²) in [4.78, 5) is 0. The molecular weight excluding hydrogens is 238 g/mol. The smallest absolute Gasteiger partial charge is 0.119 e. The van der Waals surface area contributed by atoms with E-state index in [0.717, 1.165) is 25.1 Å². The summed E-state index contributed by atoms with van der Waals surface area (Å²) in [6.45, 7) is 8.25. The Hall–Kier alpha value is -1.06. The van der Waals surface area contributed by atoms with Crippen LogP contribution in [0.2, 0.25) is 0 Å². The molecular formula is C16H27NO2. The highest BCUT2D eigenvalue weighted by Gasteiger charge is 2.09. The van der Waals surface area contributed by atoms with Gasteiger partial charge in [0.05, 0.1) is 6.61 Å². The van der Waals surface area contributed by atoms with E-state index in [-0.39, 0.29) is 6.61 Å². The summed E-state index contributed by atoms with van der Waals surface area (Å²) < 4.78 is 5.44. The van der Waals surface area contributed by atoms with Gasteiger partial charge in [0.25, 0.3) is 0 Å². The molecule has 1 aromatic carbocycles. The molecule has 0 radical (unpaired) electrons. The Morgan fingerprint density at radius 1 is 1.21 bits per heavy atom. The summed E-state index contributed by atoms with van der Waals surface area (Å²) in [6, 6.07) is 8.57. The van der Waals surface area contributed by atoms with Crippen LogP contribution in [0.3, 0.4) is 0 Å². The number of rotatable bonds is 9. The standard InChI is InChI=1S/C16H27NO2/c1-4-14(10-11-18)12-17-13(3)15-6-8-16(9-7-15)19-5-2/h6-9,13-14,17-18H,4-5,10-12H2,1-3H3. The summed E-state index contributed by atoms with van der Waals surface area (Å²) in [5.74, 6) is 1.47. The first kappa shape index (κ1) is 16.0. The summed E-state index contributed by atoms with van der Waals surface area (Å²) in [7, 11) is 0. The van der Waals surface area contributed by atoms with Crippen LogP contribution in [0.1, 0.15) is 45.2 Å². The first-order valence-corrected chi connectivity index (χ1v) is 7.28. The van der Waals surface area contributed by atoms with Gasteiger partial charge in [0.2, 0.25) is 0 Å². The second kappa shape index (κ2) is 8.94. The lowest BCUT2D eigenvalue weighted by atomic mass is 10.0. The fourth-order valence-corrected chi connectivity index (χ4v) is 2.11. The van der Waals surface area contributed by atoms with Crippen LogP contribution in [0.15, 0.2) is 24.3 Å². The maximum atomic E-state index is 8.99. The van der Waals surface area contributed by atoms with Crippen molar-refractivity contribution in [3.8, 4) is 5.75 Å². The van der Waals surface area contributed by atoms with Gasteiger partial charge in [-0.2, -0.15) is 0 Å². The minimum absolute atomic E-state index is 0.275. The van der Waals surface area contributed by atoms with Gasteiger partial charge in [-0.05, 0) is 50.4 Å². The van der Waals surface area contributed by atoms with Crippen molar-refractivity contribution >= 4 is 0 Å². The van der Waals surface area contributed by atoms with Crippen LogP contribution >= 0.6 is 0 Å². The molecule has 0 heterocycles. The molecule has 0 aliphatic carbocycles. The van der Waals surface area contributed by atoms with Gasteiger partial charge in [-0.1, -0.05) is 25.5 Å². The molecule has 0 bridgehead atoms. The van der Waals surface area contributed by atoms with Crippen LogP contribution in [0.25, 0.3) is 0 Å². The van der Waals surface area contributed by atoms with E-state index in [0.29, 0.717) is 18.6 Å². The van der Waals surface area contributed by atoms with Crippen molar-refractivity contribution in [2.75, 3.05) is 19.8 Å². The summed E-state index contributed by atoms with van der Waals surface area (Å²) in [5, 5.41) is 12.5. The quantitative estimate of drug-likeness (QED) is 0.720. The van der Waals surface area contributed by atoms with Crippen LogP contribution < -0.4 is 10.1 Å². The monoisotopic (exact) mass is 265 g/mol. The second-order valence-corrected chi connectivity index (χ2v) is 4.92. The molecule has 0 saturated heterocycles. The average molecular weight is 265 g/mol. The highest BCUT2D eigenvalue weighted by molar-refractivity contribution is 5.28. The molecule has 2 atom stereocenters. The van der Waals surface area contributed by atoms with Gasteiger partial charge in [-0.25, -0.2) is 0 Å². The Morgan fingerprint density at radius 2 is 1.89 bits per heavy atom. The molecule has 0 aromatic heterocycles. The number of aliphatic hydroxyl groups excluding tert-OH is 1. The Kier molecular flexibility index (Phi) is 7.53. The Labute approximate surface area is 117 Å². The van der Waals surface area contributed by atoms with Crippen molar-refractivity contribution < 1.29 is 9.84 Å². The van der Waals surface area contributed by atoms with E-state index in [9.17, 15) is 0 Å². The zero-order valence-corrected chi connectivity index (χ0v) is 12.4. The maximum absolute atomic E-state index is 8.99. The number of hydrogen-bond donors (Lipinski definition) is 2. The van der Waals surface area contributed by atoms with E-state index >= 15 is 0 Å². The lowest BCUT2D eigenvalue weighted by Gasteiger charge is -2.19. The third-order valence-electron chi connectivity index (χ3n) is 3.52. The molecule has 0 spiro atoms. The van der Waals surface area contributed by atoms with Gasteiger partial charge < -0.3 is 15.2 Å². The van der Waals surface area contributed by atoms with Crippen LogP contribution in [0.5, 0.6) is 5.75 Å². The Morgan fingerprint density at radius 3 is 2.42 bits per heavy atom. The molecule has 0 saturated carbocycles. The average Bonchev–Trinajstić information content (AvgIpc) is 2.44. The largest absolute Gasteiger partial charge is 0.494 e. The lowest BCUT2D eigenvalue weighted by molar-refractivity contribution is 0.249. The van der Waals surface area contributed by atoms with Crippen molar-refractivity contribution in [3.05, 3.63) is 29.8 Å². The first-order chi connectivity index (χ1) is 9.21. The van der Waals surface area contributed by atoms with Crippen molar-refractivity contribution in [1.29, 1.82) is 0 Å². The van der Waals surface area contributed by atoms with E-state index in [2.05, 4.69) is 31.3 Å². The van der Waals surface area contributed by atoms with E-state index in [1.165, 1.54) is 5.56 Å². The summed E-state index contributed by atoms with van der Waals surface area (Å²) in [5.41, 5.74) is 1.27. The van der Waals surface area contributed by atoms with Crippen LogP contribution in [-0.4, -0.2) is 24.9 Å². The molecule has 1 rings (SSSR count). The predicted octanol–water partition coefficient (Wildman–Crippen LogP) is 3.14. The van der Waals surface area contributed by atoms with E-state index in [1.54, 1.807) is 0 Å². The lowest BCUT2D eigenvalue weighted by Crippen LogP contribution is -2.26. The van der Waals surface area contributed by atoms with Gasteiger partial charge in [-0.3, -0.25) is 0 Å². The zero-order valence-electron chi connectivity index (χ0n) is 12.4. The van der Waals surface area contributed by atoms with Gasteiger partial charge in [0.1, 0.15) is 5.75 Å². The molecule has 3 heteroatoms. The summed E-state index contributed by atoms with van der Waals surface area (Å²) >= 11 is 0. The number of benzene rings is 1. The molecule has 0 aliphatic rings. The molecule has 0 fully saturated rings. The number of aliphatic hydroxyl groups is 1. The highest BCUT2D eigenvalue weighted by atomic mass is 16.5. The Balaban J connectivity index is 2.45. The number of ether oxygens (including phenoxy) is 1.